The molecule has 0 spiro atoms. The molecule has 2 fully saturated rings. The summed E-state index contributed by atoms with van der Waals surface area (Å²) in [5.74, 6) is 0.481. The summed E-state index contributed by atoms with van der Waals surface area (Å²) >= 11 is 0. The number of alkyl halides is 6. The van der Waals surface area contributed by atoms with Crippen molar-refractivity contribution in [2.75, 3.05) is 32.8 Å². The topological polar surface area (TPSA) is 41.6 Å². The van der Waals surface area contributed by atoms with E-state index in [1.165, 1.54) is 0 Å². The Morgan fingerprint density at radius 3 is 2.06 bits per heavy atom. The zero-order valence-corrected chi connectivity index (χ0v) is 20.2. The minimum atomic E-state index is -4.92. The largest absolute Gasteiger partial charge is 0.416 e. The first-order chi connectivity index (χ1) is 16.3. The number of piperidine rings is 1. The predicted octanol–water partition coefficient (Wildman–Crippen LogP) is 5.90. The molecule has 0 saturated carbocycles. The molecule has 0 unspecified atom stereocenters. The number of amides is 1. The van der Waals surface area contributed by atoms with Gasteiger partial charge < -0.3 is 15.0 Å². The summed E-state index contributed by atoms with van der Waals surface area (Å²) in [4.78, 5) is 15.7. The first kappa shape index (κ1) is 27.8. The number of hydrogen-bond acceptors (Lipinski definition) is 3. The average molecular weight is 509 g/mol. The van der Waals surface area contributed by atoms with E-state index in [-0.39, 0.29) is 23.5 Å². The molecule has 1 N–H and O–H groups in total. The van der Waals surface area contributed by atoms with Crippen LogP contribution in [0.4, 0.5) is 26.3 Å². The van der Waals surface area contributed by atoms with Gasteiger partial charge in [0, 0.05) is 26.3 Å². The number of halogens is 6. The Morgan fingerprint density at radius 2 is 1.57 bits per heavy atom. The van der Waals surface area contributed by atoms with Gasteiger partial charge in [0.1, 0.15) is 0 Å². The Morgan fingerprint density at radius 1 is 1.03 bits per heavy atom. The number of hydrogen-bond donors (Lipinski definition) is 1. The SMILES string of the molecule is CC(C)CC1(C(=O)NCc2cc(C(F)(F)F)cc(C(F)(F)F)c2)CCN(CC2CCOCC2)CC1. The molecule has 0 aliphatic carbocycles. The molecular formula is C25H34F6N2O2. The van der Waals surface area contributed by atoms with Crippen molar-refractivity contribution in [3.63, 3.8) is 0 Å². The molecule has 3 rings (SSSR count). The second-order valence-electron chi connectivity index (χ2n) is 10.3. The second kappa shape index (κ2) is 11.1. The van der Waals surface area contributed by atoms with Gasteiger partial charge in [-0.05, 0) is 80.8 Å². The van der Waals surface area contributed by atoms with Crippen LogP contribution in [0.1, 0.15) is 62.6 Å². The Hall–Kier alpha value is -1.81. The molecule has 0 bridgehead atoms. The van der Waals surface area contributed by atoms with Crippen molar-refractivity contribution in [1.82, 2.24) is 10.2 Å². The number of carbonyl (C=O) groups is 1. The first-order valence-electron chi connectivity index (χ1n) is 12.2. The van der Waals surface area contributed by atoms with Gasteiger partial charge in [0.25, 0.3) is 0 Å². The Labute approximate surface area is 202 Å². The molecule has 10 heteroatoms. The summed E-state index contributed by atoms with van der Waals surface area (Å²) in [5, 5.41) is 2.66. The van der Waals surface area contributed by atoms with Crippen molar-refractivity contribution in [1.29, 1.82) is 0 Å². The van der Waals surface area contributed by atoms with E-state index < -0.39 is 35.4 Å². The van der Waals surface area contributed by atoms with E-state index in [4.69, 9.17) is 4.74 Å². The van der Waals surface area contributed by atoms with Crippen LogP contribution in [0.3, 0.4) is 0 Å². The molecular weight excluding hydrogens is 474 g/mol. The molecule has 2 heterocycles. The molecule has 0 radical (unpaired) electrons. The lowest BCUT2D eigenvalue weighted by Crippen LogP contribution is -2.50. The third kappa shape index (κ3) is 7.59. The summed E-state index contributed by atoms with van der Waals surface area (Å²) in [6.07, 6.45) is -5.98. The van der Waals surface area contributed by atoms with E-state index in [1.54, 1.807) is 0 Å². The standard InChI is InChI=1S/C25H34F6N2O2/c1-17(2)14-23(5-7-33(8-6-23)16-18-3-9-35-10-4-18)22(34)32-15-19-11-20(24(26,27)28)13-21(12-19)25(29,30)31/h11-13,17-18H,3-10,14-16H2,1-2H3,(H,32,34). The van der Waals surface area contributed by atoms with Gasteiger partial charge in [0.2, 0.25) is 5.91 Å². The van der Waals surface area contributed by atoms with Gasteiger partial charge in [-0.25, -0.2) is 0 Å². The average Bonchev–Trinajstić information content (AvgIpc) is 2.78. The highest BCUT2D eigenvalue weighted by Crippen LogP contribution is 2.39. The molecule has 1 aromatic rings. The van der Waals surface area contributed by atoms with Crippen LogP contribution in [-0.4, -0.2) is 43.7 Å². The lowest BCUT2D eigenvalue weighted by molar-refractivity contribution is -0.143. The van der Waals surface area contributed by atoms with Crippen molar-refractivity contribution in [2.24, 2.45) is 17.3 Å². The molecule has 198 valence electrons. The van der Waals surface area contributed by atoms with Gasteiger partial charge in [-0.3, -0.25) is 4.79 Å². The van der Waals surface area contributed by atoms with Gasteiger partial charge in [0.15, 0.2) is 0 Å². The zero-order valence-electron chi connectivity index (χ0n) is 20.2. The molecule has 35 heavy (non-hydrogen) atoms. The fourth-order valence-corrected chi connectivity index (χ4v) is 5.25. The lowest BCUT2D eigenvalue weighted by Gasteiger charge is -2.43. The van der Waals surface area contributed by atoms with Crippen LogP contribution in [0.25, 0.3) is 0 Å². The fraction of sp³-hybridized carbons (Fsp3) is 0.720. The van der Waals surface area contributed by atoms with Crippen LogP contribution in [0, 0.1) is 17.3 Å². The van der Waals surface area contributed by atoms with Crippen molar-refractivity contribution < 1.29 is 35.9 Å². The van der Waals surface area contributed by atoms with Crippen LogP contribution < -0.4 is 5.32 Å². The van der Waals surface area contributed by atoms with E-state index in [9.17, 15) is 31.1 Å². The van der Waals surface area contributed by atoms with Gasteiger partial charge in [0.05, 0.1) is 16.5 Å². The number of rotatable bonds is 7. The highest BCUT2D eigenvalue weighted by molar-refractivity contribution is 5.82. The quantitative estimate of drug-likeness (QED) is 0.467. The molecule has 0 atom stereocenters. The monoisotopic (exact) mass is 508 g/mol. The summed E-state index contributed by atoms with van der Waals surface area (Å²) < 4.78 is 84.4. The normalized spacial score (nSPS) is 20.3. The fourth-order valence-electron chi connectivity index (χ4n) is 5.25. The van der Waals surface area contributed by atoms with Gasteiger partial charge >= 0.3 is 12.4 Å². The third-order valence-corrected chi connectivity index (χ3v) is 7.05. The van der Waals surface area contributed by atoms with E-state index in [0.717, 1.165) is 45.7 Å². The number of carbonyl (C=O) groups excluding carboxylic acids is 1. The van der Waals surface area contributed by atoms with Crippen molar-refractivity contribution >= 4 is 5.91 Å². The van der Waals surface area contributed by atoms with Crippen molar-refractivity contribution in [2.45, 2.75) is 64.8 Å². The van der Waals surface area contributed by atoms with Crippen molar-refractivity contribution in [3.8, 4) is 0 Å². The first-order valence-corrected chi connectivity index (χ1v) is 12.2. The van der Waals surface area contributed by atoms with Crippen LogP contribution >= 0.6 is 0 Å². The Kier molecular flexibility index (Phi) is 8.78. The number of nitrogens with one attached hydrogen (secondary N) is 1. The van der Waals surface area contributed by atoms with Crippen LogP contribution in [-0.2, 0) is 28.4 Å². The van der Waals surface area contributed by atoms with Crippen LogP contribution in [0.15, 0.2) is 18.2 Å². The number of nitrogens with zero attached hydrogens (tertiary/aromatic N) is 1. The number of likely N-dealkylation sites (tertiary alicyclic amines) is 1. The lowest BCUT2D eigenvalue weighted by atomic mass is 9.71. The summed E-state index contributed by atoms with van der Waals surface area (Å²) in [5.41, 5.74) is -3.67. The summed E-state index contributed by atoms with van der Waals surface area (Å²) in [6.45, 7) is 7.58. The molecule has 1 aromatic carbocycles. The number of ether oxygens (including phenoxy) is 1. The Balaban J connectivity index is 1.69. The summed E-state index contributed by atoms with van der Waals surface area (Å²) in [6, 6.07) is 1.43. The highest BCUT2D eigenvalue weighted by Gasteiger charge is 2.42. The maximum absolute atomic E-state index is 13.3. The predicted molar refractivity (Wildman–Crippen MR) is 119 cm³/mol. The number of benzene rings is 1. The van der Waals surface area contributed by atoms with Crippen LogP contribution in [0.2, 0.25) is 0 Å². The van der Waals surface area contributed by atoms with Crippen molar-refractivity contribution in [3.05, 3.63) is 34.9 Å². The second-order valence-corrected chi connectivity index (χ2v) is 10.3. The van der Waals surface area contributed by atoms with Gasteiger partial charge in [-0.1, -0.05) is 13.8 Å². The molecule has 2 aliphatic heterocycles. The van der Waals surface area contributed by atoms with Crippen LogP contribution in [0.5, 0.6) is 0 Å². The molecule has 1 amide bonds. The van der Waals surface area contributed by atoms with Gasteiger partial charge in [-0.15, -0.1) is 0 Å². The molecule has 2 saturated heterocycles. The molecule has 0 aromatic heterocycles. The minimum absolute atomic E-state index is 0.0970. The Bertz CT molecular complexity index is 822. The van der Waals surface area contributed by atoms with Gasteiger partial charge in [-0.2, -0.15) is 26.3 Å². The maximum Gasteiger partial charge on any atom is 0.416 e. The van der Waals surface area contributed by atoms with E-state index in [1.807, 2.05) is 13.8 Å². The molecule has 2 aliphatic rings. The zero-order chi connectivity index (χ0) is 25.9. The third-order valence-electron chi connectivity index (χ3n) is 7.05. The maximum atomic E-state index is 13.3. The van der Waals surface area contributed by atoms with E-state index in [0.29, 0.717) is 37.3 Å². The smallest absolute Gasteiger partial charge is 0.381 e. The summed E-state index contributed by atoms with van der Waals surface area (Å²) in [7, 11) is 0. The minimum Gasteiger partial charge on any atom is -0.381 e. The highest BCUT2D eigenvalue weighted by atomic mass is 19.4. The van der Waals surface area contributed by atoms with E-state index >= 15 is 0 Å². The van der Waals surface area contributed by atoms with E-state index in [2.05, 4.69) is 10.2 Å². The molecule has 4 nitrogen and oxygen atoms in total.